The lowest BCUT2D eigenvalue weighted by molar-refractivity contribution is 0.0291. The van der Waals surface area contributed by atoms with Crippen molar-refractivity contribution in [2.45, 2.75) is 26.4 Å². The van der Waals surface area contributed by atoms with E-state index in [-0.39, 0.29) is 10.9 Å². The molecule has 0 fully saturated rings. The van der Waals surface area contributed by atoms with Gasteiger partial charge in [-0.05, 0) is 45.0 Å². The number of hydrogen-bond acceptors (Lipinski definition) is 5. The maximum absolute atomic E-state index is 11.4. The van der Waals surface area contributed by atoms with Gasteiger partial charge in [0.25, 0.3) is 0 Å². The van der Waals surface area contributed by atoms with E-state index in [0.29, 0.717) is 5.69 Å². The number of ether oxygens (including phenoxy) is 1. The average Bonchev–Trinajstić information content (AvgIpc) is 2.15. The highest BCUT2D eigenvalue weighted by molar-refractivity contribution is 5.85. The second-order valence-electron chi connectivity index (χ2n) is 4.46. The molecule has 0 spiro atoms. The zero-order valence-electron chi connectivity index (χ0n) is 9.97. The Bertz CT molecular complexity index is 381. The quantitative estimate of drug-likeness (QED) is 0.692. The predicted molar refractivity (Wildman–Crippen MR) is 62.4 cm³/mol. The van der Waals surface area contributed by atoms with Crippen LogP contribution in [0, 0.1) is 0 Å². The van der Waals surface area contributed by atoms with Crippen molar-refractivity contribution in [3.05, 3.63) is 24.3 Å². The summed E-state index contributed by atoms with van der Waals surface area (Å²) in [6.07, 6.45) is -0.560. The summed E-state index contributed by atoms with van der Waals surface area (Å²) in [7, 11) is 0. The van der Waals surface area contributed by atoms with E-state index in [9.17, 15) is 4.79 Å². The van der Waals surface area contributed by atoms with Gasteiger partial charge < -0.3 is 4.74 Å². The molecule has 0 heterocycles. The summed E-state index contributed by atoms with van der Waals surface area (Å²) in [6.45, 7) is 5.31. The summed E-state index contributed by atoms with van der Waals surface area (Å²) in [6, 6.07) is 5.93. The van der Waals surface area contributed by atoms with E-state index in [2.05, 4.69) is 5.32 Å². The van der Waals surface area contributed by atoms with Crippen LogP contribution in [0.3, 0.4) is 0 Å². The average molecular weight is 240 g/mol. The molecule has 17 heavy (non-hydrogen) atoms. The minimum atomic E-state index is -0.560. The second-order valence-corrected chi connectivity index (χ2v) is 4.46. The molecule has 0 aliphatic rings. The fourth-order valence-electron chi connectivity index (χ4n) is 1.10. The van der Waals surface area contributed by atoms with E-state index in [4.69, 9.17) is 15.2 Å². The highest BCUT2D eigenvalue weighted by atomic mass is 16.8. The topological polar surface area (TPSA) is 82.0 Å². The van der Waals surface area contributed by atoms with E-state index in [1.54, 1.807) is 20.8 Å². The van der Waals surface area contributed by atoms with Gasteiger partial charge in [0.15, 0.2) is 0 Å². The third kappa shape index (κ3) is 4.71. The van der Waals surface area contributed by atoms with Gasteiger partial charge in [0.2, 0.25) is 0 Å². The normalized spacial score (nSPS) is 10.9. The number of amides is 1. The van der Waals surface area contributed by atoms with E-state index < -0.39 is 11.7 Å². The summed E-state index contributed by atoms with van der Waals surface area (Å²) in [5.41, 5.74) is 0.140. The number of anilines is 2. The molecule has 6 heteroatoms. The fourth-order valence-corrected chi connectivity index (χ4v) is 1.10. The number of carbonyl (C=O) groups is 1. The van der Waals surface area contributed by atoms with Crippen LogP contribution in [0.25, 0.3) is 0 Å². The van der Waals surface area contributed by atoms with Crippen LogP contribution in [0.5, 0.6) is 0 Å². The lowest BCUT2D eigenvalue weighted by atomic mass is 10.2. The van der Waals surface area contributed by atoms with Crippen molar-refractivity contribution in [1.82, 2.24) is 0 Å². The number of nitrogens with zero attached hydrogens (tertiary/aromatic N) is 1. The molecule has 0 aliphatic carbocycles. The van der Waals surface area contributed by atoms with Crippen LogP contribution in [0.4, 0.5) is 16.2 Å². The Kier molecular flexibility index (Phi) is 3.93. The molecule has 1 aromatic carbocycles. The third-order valence-corrected chi connectivity index (χ3v) is 1.74. The molecule has 0 aliphatic heterocycles. The van der Waals surface area contributed by atoms with E-state index in [1.165, 1.54) is 24.3 Å². The largest absolute Gasteiger partial charge is 0.444 e. The molecule has 0 saturated heterocycles. The summed E-state index contributed by atoms with van der Waals surface area (Å²) >= 11 is 0. The Morgan fingerprint density at radius 3 is 2.18 bits per heavy atom. The summed E-state index contributed by atoms with van der Waals surface area (Å²) in [5.74, 6) is 0. The highest BCUT2D eigenvalue weighted by Gasteiger charge is 2.16. The Hall–Kier alpha value is -1.79. The smallest absolute Gasteiger partial charge is 0.412 e. The Morgan fingerprint density at radius 1 is 1.24 bits per heavy atom. The minimum Gasteiger partial charge on any atom is -0.444 e. The minimum absolute atomic E-state index is 0.00272. The first-order chi connectivity index (χ1) is 7.78. The van der Waals surface area contributed by atoms with Crippen LogP contribution >= 0.6 is 0 Å². The van der Waals surface area contributed by atoms with Gasteiger partial charge in [-0.15, -0.1) is 5.23 Å². The molecule has 0 bridgehead atoms. The lowest BCUT2D eigenvalue weighted by Gasteiger charge is -2.19. The van der Waals surface area contributed by atoms with Gasteiger partial charge in [0, 0.05) is 5.69 Å². The molecular weight excluding hydrogens is 224 g/mol. The van der Waals surface area contributed by atoms with Crippen molar-refractivity contribution in [2.75, 3.05) is 10.5 Å². The summed E-state index contributed by atoms with van der Waals surface area (Å²) in [4.78, 5) is 11.4. The molecule has 0 radical (unpaired) electrons. The van der Waals surface area contributed by atoms with Crippen molar-refractivity contribution in [3.63, 3.8) is 0 Å². The molecule has 94 valence electrons. The second kappa shape index (κ2) is 5.03. The van der Waals surface area contributed by atoms with E-state index >= 15 is 0 Å². The van der Waals surface area contributed by atoms with Crippen LogP contribution in [0.2, 0.25) is 0 Å². The standard InChI is InChI=1S/C11H16N2O4/c1-11(2,3)17-10(14)12-8-4-6-9(7-5-8)13(15)16/h4-7,15-16H,1-3H3,(H,12,14). The Balaban J connectivity index is 2.61. The van der Waals surface area contributed by atoms with Crippen LogP contribution in [0.15, 0.2) is 24.3 Å². The third-order valence-electron chi connectivity index (χ3n) is 1.74. The van der Waals surface area contributed by atoms with Gasteiger partial charge in [-0.25, -0.2) is 4.79 Å². The monoisotopic (exact) mass is 240 g/mol. The van der Waals surface area contributed by atoms with Crippen LogP contribution < -0.4 is 10.5 Å². The summed E-state index contributed by atoms with van der Waals surface area (Å²) in [5, 5.41) is 20.0. The predicted octanol–water partition coefficient (Wildman–Crippen LogP) is 2.62. The Morgan fingerprint density at radius 2 is 1.76 bits per heavy atom. The van der Waals surface area contributed by atoms with Crippen molar-refractivity contribution in [2.24, 2.45) is 0 Å². The van der Waals surface area contributed by atoms with Gasteiger partial charge >= 0.3 is 6.09 Å². The van der Waals surface area contributed by atoms with Crippen molar-refractivity contribution in [3.8, 4) is 0 Å². The highest BCUT2D eigenvalue weighted by Crippen LogP contribution is 2.16. The molecular formula is C11H16N2O4. The van der Waals surface area contributed by atoms with Gasteiger partial charge in [-0.1, -0.05) is 0 Å². The zero-order valence-corrected chi connectivity index (χ0v) is 9.97. The van der Waals surface area contributed by atoms with Crippen molar-refractivity contribution >= 4 is 17.5 Å². The molecule has 3 N–H and O–H groups in total. The number of benzene rings is 1. The van der Waals surface area contributed by atoms with Gasteiger partial charge in [-0.2, -0.15) is 0 Å². The number of hydrogen-bond donors (Lipinski definition) is 3. The van der Waals surface area contributed by atoms with Gasteiger partial charge in [0.05, 0.1) is 5.69 Å². The molecule has 0 unspecified atom stereocenters. The first kappa shape index (κ1) is 13.3. The molecule has 0 aromatic heterocycles. The molecule has 0 atom stereocenters. The first-order valence-corrected chi connectivity index (χ1v) is 5.06. The first-order valence-electron chi connectivity index (χ1n) is 5.06. The molecule has 1 rings (SSSR count). The maximum atomic E-state index is 11.4. The van der Waals surface area contributed by atoms with Gasteiger partial charge in [-0.3, -0.25) is 15.7 Å². The number of nitrogens with one attached hydrogen (secondary N) is 1. The summed E-state index contributed by atoms with van der Waals surface area (Å²) < 4.78 is 5.06. The SMILES string of the molecule is CC(C)(C)OC(=O)Nc1ccc(N(O)O)cc1. The maximum Gasteiger partial charge on any atom is 0.412 e. The van der Waals surface area contributed by atoms with E-state index in [0.717, 1.165) is 0 Å². The van der Waals surface area contributed by atoms with Crippen LogP contribution in [-0.4, -0.2) is 22.1 Å². The molecule has 6 nitrogen and oxygen atoms in total. The van der Waals surface area contributed by atoms with E-state index in [1.807, 2.05) is 0 Å². The van der Waals surface area contributed by atoms with Gasteiger partial charge in [0.1, 0.15) is 5.60 Å². The lowest BCUT2D eigenvalue weighted by Crippen LogP contribution is -2.27. The number of rotatable bonds is 2. The van der Waals surface area contributed by atoms with Crippen molar-refractivity contribution < 1.29 is 19.9 Å². The van der Waals surface area contributed by atoms with Crippen LogP contribution in [0.1, 0.15) is 20.8 Å². The fraction of sp³-hybridized carbons (Fsp3) is 0.364. The molecule has 1 amide bonds. The Labute approximate surface area is 99.3 Å². The molecule has 1 aromatic rings. The number of carbonyl (C=O) groups excluding carboxylic acids is 1. The zero-order chi connectivity index (χ0) is 13.1. The van der Waals surface area contributed by atoms with Crippen LogP contribution in [-0.2, 0) is 4.74 Å². The van der Waals surface area contributed by atoms with Crippen molar-refractivity contribution in [1.29, 1.82) is 0 Å². The molecule has 0 saturated carbocycles.